The number of benzene rings is 2. The van der Waals surface area contributed by atoms with E-state index in [1.807, 2.05) is 0 Å². The van der Waals surface area contributed by atoms with Gasteiger partial charge in [-0.15, -0.1) is 0 Å². The van der Waals surface area contributed by atoms with Crippen LogP contribution in [-0.2, 0) is 4.74 Å². The number of esters is 1. The molecule has 0 bridgehead atoms. The van der Waals surface area contributed by atoms with Gasteiger partial charge in [-0.05, 0) is 30.3 Å². The van der Waals surface area contributed by atoms with Crippen molar-refractivity contribution >= 4 is 5.97 Å². The van der Waals surface area contributed by atoms with Crippen molar-refractivity contribution in [2.45, 2.75) is 0 Å². The van der Waals surface area contributed by atoms with Crippen molar-refractivity contribution in [3.05, 3.63) is 47.0 Å². The molecule has 0 amide bonds. The zero-order valence-electron chi connectivity index (χ0n) is 12.5. The van der Waals surface area contributed by atoms with Gasteiger partial charge in [-0.25, -0.2) is 4.79 Å². The quantitative estimate of drug-likeness (QED) is 0.446. The molecular formula is C17H14O6. The summed E-state index contributed by atoms with van der Waals surface area (Å²) < 4.78 is 9.78. The number of hydrogen-bond donors (Lipinski definition) is 3. The highest BCUT2D eigenvalue weighted by Crippen LogP contribution is 2.35. The summed E-state index contributed by atoms with van der Waals surface area (Å²) in [4.78, 5) is 11.6. The summed E-state index contributed by atoms with van der Waals surface area (Å²) in [5.74, 6) is 3.81. The van der Waals surface area contributed by atoms with E-state index in [9.17, 15) is 20.1 Å². The monoisotopic (exact) mass is 314 g/mol. The molecule has 0 aliphatic carbocycles. The molecule has 2 aromatic carbocycles. The predicted molar refractivity (Wildman–Crippen MR) is 81.7 cm³/mol. The number of hydrogen-bond acceptors (Lipinski definition) is 6. The molecule has 6 nitrogen and oxygen atoms in total. The van der Waals surface area contributed by atoms with E-state index in [1.54, 1.807) is 12.1 Å². The average Bonchev–Trinajstić information content (AvgIpc) is 2.56. The molecule has 0 saturated heterocycles. The van der Waals surface area contributed by atoms with Gasteiger partial charge in [0.1, 0.15) is 11.3 Å². The first kappa shape index (κ1) is 16.0. The Balaban J connectivity index is 2.37. The Morgan fingerprint density at radius 1 is 0.957 bits per heavy atom. The molecule has 0 fully saturated rings. The Morgan fingerprint density at radius 3 is 2.13 bits per heavy atom. The number of phenols is 3. The maximum atomic E-state index is 11.6. The maximum absolute atomic E-state index is 11.6. The second kappa shape index (κ2) is 6.62. The number of methoxy groups -OCH3 is 2. The van der Waals surface area contributed by atoms with E-state index in [0.717, 1.165) is 0 Å². The molecule has 3 N–H and O–H groups in total. The van der Waals surface area contributed by atoms with Crippen molar-refractivity contribution in [1.29, 1.82) is 0 Å². The second-order valence-corrected chi connectivity index (χ2v) is 4.52. The summed E-state index contributed by atoms with van der Waals surface area (Å²) in [6, 6.07) is 7.16. The van der Waals surface area contributed by atoms with Crippen LogP contribution in [0.1, 0.15) is 21.5 Å². The van der Waals surface area contributed by atoms with Gasteiger partial charge in [0.2, 0.25) is 0 Å². The molecule has 6 heteroatoms. The van der Waals surface area contributed by atoms with Crippen LogP contribution >= 0.6 is 0 Å². The van der Waals surface area contributed by atoms with Crippen molar-refractivity contribution in [3.63, 3.8) is 0 Å². The Morgan fingerprint density at radius 2 is 1.57 bits per heavy atom. The molecule has 2 aromatic rings. The highest BCUT2D eigenvalue weighted by atomic mass is 16.5. The Bertz CT molecular complexity index is 791. The van der Waals surface area contributed by atoms with Crippen LogP contribution in [0.3, 0.4) is 0 Å². The van der Waals surface area contributed by atoms with Crippen molar-refractivity contribution < 1.29 is 29.6 Å². The van der Waals surface area contributed by atoms with Crippen LogP contribution in [0.15, 0.2) is 30.3 Å². The van der Waals surface area contributed by atoms with E-state index < -0.39 is 23.2 Å². The fourth-order valence-electron chi connectivity index (χ4n) is 1.87. The Hall–Kier alpha value is -3.33. The van der Waals surface area contributed by atoms with Gasteiger partial charge in [0.15, 0.2) is 17.2 Å². The highest BCUT2D eigenvalue weighted by molar-refractivity contribution is 5.92. The first-order valence-electron chi connectivity index (χ1n) is 6.49. The van der Waals surface area contributed by atoms with Gasteiger partial charge in [-0.3, -0.25) is 0 Å². The van der Waals surface area contributed by atoms with E-state index in [4.69, 9.17) is 4.74 Å². The lowest BCUT2D eigenvalue weighted by molar-refractivity contribution is 0.0597. The average molecular weight is 314 g/mol. The fraction of sp³-hybridized carbons (Fsp3) is 0.118. The fourth-order valence-corrected chi connectivity index (χ4v) is 1.87. The summed E-state index contributed by atoms with van der Waals surface area (Å²) in [6.07, 6.45) is 0. The molecule has 23 heavy (non-hydrogen) atoms. The SMILES string of the molecule is COC(=O)c1ccc(C#Cc2cc(O)c(O)c(O)c2)cc1OC. The molecule has 0 aliphatic heterocycles. The van der Waals surface area contributed by atoms with Gasteiger partial charge in [0.05, 0.1) is 14.2 Å². The summed E-state index contributed by atoms with van der Waals surface area (Å²) in [7, 11) is 2.70. The van der Waals surface area contributed by atoms with Crippen LogP contribution in [0, 0.1) is 11.8 Å². The van der Waals surface area contributed by atoms with Gasteiger partial charge >= 0.3 is 5.97 Å². The molecule has 0 radical (unpaired) electrons. The molecule has 0 aliphatic rings. The Labute approximate surface area is 132 Å². The van der Waals surface area contributed by atoms with E-state index in [2.05, 4.69) is 16.6 Å². The first-order chi connectivity index (χ1) is 11.0. The van der Waals surface area contributed by atoms with E-state index >= 15 is 0 Å². The third-order valence-electron chi connectivity index (χ3n) is 3.03. The summed E-state index contributed by atoms with van der Waals surface area (Å²) in [6.45, 7) is 0. The second-order valence-electron chi connectivity index (χ2n) is 4.52. The van der Waals surface area contributed by atoms with Crippen LogP contribution in [0.5, 0.6) is 23.0 Å². The first-order valence-corrected chi connectivity index (χ1v) is 6.49. The van der Waals surface area contributed by atoms with Crippen LogP contribution in [0.4, 0.5) is 0 Å². The van der Waals surface area contributed by atoms with E-state index in [1.165, 1.54) is 32.4 Å². The number of aromatic hydroxyl groups is 3. The summed E-state index contributed by atoms with van der Waals surface area (Å²) in [5.41, 5.74) is 1.15. The van der Waals surface area contributed by atoms with Gasteiger partial charge in [-0.2, -0.15) is 0 Å². The lowest BCUT2D eigenvalue weighted by Crippen LogP contribution is -2.04. The standard InChI is InChI=1S/C17H14O6/c1-22-15-9-10(5-6-12(15)17(21)23-2)3-4-11-7-13(18)16(20)14(19)8-11/h5-9,18-20H,1-2H3. The zero-order chi connectivity index (χ0) is 17.0. The number of phenolic OH excluding ortho intramolecular Hbond substituents is 3. The normalized spacial score (nSPS) is 9.65. The minimum Gasteiger partial charge on any atom is -0.504 e. The lowest BCUT2D eigenvalue weighted by Gasteiger charge is -2.06. The number of ether oxygens (including phenoxy) is 2. The molecule has 0 saturated carbocycles. The van der Waals surface area contributed by atoms with Crippen LogP contribution in [0.25, 0.3) is 0 Å². The number of carbonyl (C=O) groups excluding carboxylic acids is 1. The molecule has 0 unspecified atom stereocenters. The van der Waals surface area contributed by atoms with Crippen molar-refractivity contribution in [1.82, 2.24) is 0 Å². The minimum absolute atomic E-state index is 0.278. The van der Waals surface area contributed by atoms with Gasteiger partial charge in [0.25, 0.3) is 0 Å². The van der Waals surface area contributed by atoms with Gasteiger partial charge in [0, 0.05) is 11.1 Å². The molecule has 2 rings (SSSR count). The van der Waals surface area contributed by atoms with Crippen molar-refractivity contribution in [2.75, 3.05) is 14.2 Å². The van der Waals surface area contributed by atoms with Gasteiger partial charge in [-0.1, -0.05) is 11.8 Å². The molecular weight excluding hydrogens is 300 g/mol. The largest absolute Gasteiger partial charge is 0.504 e. The predicted octanol–water partition coefficient (Wildman–Crippen LogP) is 2.00. The molecule has 0 aromatic heterocycles. The summed E-state index contributed by atoms with van der Waals surface area (Å²) >= 11 is 0. The molecule has 0 spiro atoms. The topological polar surface area (TPSA) is 96.2 Å². The number of rotatable bonds is 2. The van der Waals surface area contributed by atoms with Crippen molar-refractivity contribution in [3.8, 4) is 34.8 Å². The molecule has 118 valence electrons. The van der Waals surface area contributed by atoms with Gasteiger partial charge < -0.3 is 24.8 Å². The smallest absolute Gasteiger partial charge is 0.341 e. The molecule has 0 atom stereocenters. The molecule has 0 heterocycles. The number of carbonyl (C=O) groups is 1. The maximum Gasteiger partial charge on any atom is 0.341 e. The third-order valence-corrected chi connectivity index (χ3v) is 3.03. The van der Waals surface area contributed by atoms with E-state index in [-0.39, 0.29) is 5.56 Å². The lowest BCUT2D eigenvalue weighted by atomic mass is 10.1. The van der Waals surface area contributed by atoms with Crippen molar-refractivity contribution in [2.24, 2.45) is 0 Å². The highest BCUT2D eigenvalue weighted by Gasteiger charge is 2.12. The van der Waals surface area contributed by atoms with Crippen LogP contribution in [0.2, 0.25) is 0 Å². The summed E-state index contributed by atoms with van der Waals surface area (Å²) in [5, 5.41) is 28.2. The van der Waals surface area contributed by atoms with E-state index in [0.29, 0.717) is 16.9 Å². The zero-order valence-corrected chi connectivity index (χ0v) is 12.5. The Kier molecular flexibility index (Phi) is 4.62. The van der Waals surface area contributed by atoms with Crippen LogP contribution in [-0.4, -0.2) is 35.5 Å². The van der Waals surface area contributed by atoms with Crippen LogP contribution < -0.4 is 4.74 Å². The third kappa shape index (κ3) is 3.47. The minimum atomic E-state index is -0.598.